The van der Waals surface area contributed by atoms with Crippen molar-refractivity contribution in [3.63, 3.8) is 0 Å². The maximum absolute atomic E-state index is 13.1. The van der Waals surface area contributed by atoms with Crippen LogP contribution in [0.25, 0.3) is 0 Å². The lowest BCUT2D eigenvalue weighted by atomic mass is 9.82. The highest BCUT2D eigenvalue weighted by Gasteiger charge is 2.64. The molecule has 0 amide bonds. The van der Waals surface area contributed by atoms with Gasteiger partial charge in [-0.3, -0.25) is 0 Å². The molecule has 2 rings (SSSR count). The molecular weight excluding hydrogens is 230 g/mol. The van der Waals surface area contributed by atoms with E-state index in [1.165, 1.54) is 24.3 Å². The Kier molecular flexibility index (Phi) is 2.74. The average molecular weight is 241 g/mol. The predicted molar refractivity (Wildman–Crippen MR) is 57.9 cm³/mol. The highest BCUT2D eigenvalue weighted by Crippen LogP contribution is 2.52. The van der Waals surface area contributed by atoms with E-state index < -0.39 is 23.7 Å². The Morgan fingerprint density at radius 3 is 2.35 bits per heavy atom. The van der Waals surface area contributed by atoms with E-state index in [1.807, 2.05) is 0 Å². The van der Waals surface area contributed by atoms with Crippen LogP contribution in [0.5, 0.6) is 0 Å². The van der Waals surface area contributed by atoms with E-state index in [2.05, 4.69) is 0 Å². The molecule has 2 nitrogen and oxygen atoms in total. The van der Waals surface area contributed by atoms with Crippen molar-refractivity contribution in [1.82, 2.24) is 0 Å². The van der Waals surface area contributed by atoms with Gasteiger partial charge >= 0.3 is 6.18 Å². The molecule has 6 heteroatoms. The molecule has 17 heavy (non-hydrogen) atoms. The normalized spacial score (nSPS) is 27.6. The maximum Gasteiger partial charge on any atom is 0.410 e. The summed E-state index contributed by atoms with van der Waals surface area (Å²) in [6.45, 7) is 0. The lowest BCUT2D eigenvalue weighted by Gasteiger charge is -2.33. The Morgan fingerprint density at radius 2 is 1.94 bits per heavy atom. The molecule has 1 aromatic rings. The third kappa shape index (κ3) is 1.95. The summed E-state index contributed by atoms with van der Waals surface area (Å²) in [5, 5.41) is 9.24. The number of alkyl halides is 3. The molecule has 1 fully saturated rings. The number of benzene rings is 1. The van der Waals surface area contributed by atoms with Crippen molar-refractivity contribution in [1.29, 1.82) is 0 Å². The minimum absolute atomic E-state index is 0.0603. The summed E-state index contributed by atoms with van der Waals surface area (Å²) < 4.78 is 39.3. The predicted octanol–water partition coefficient (Wildman–Crippen LogP) is 0.577. The van der Waals surface area contributed by atoms with E-state index in [9.17, 15) is 18.3 Å². The van der Waals surface area contributed by atoms with Crippen LogP contribution in [0.1, 0.15) is 12.0 Å². The number of hydrogen-bond acceptors (Lipinski definition) is 2. The van der Waals surface area contributed by atoms with Crippen LogP contribution in [0.15, 0.2) is 24.3 Å². The molecule has 1 aliphatic rings. The zero-order valence-electron chi connectivity index (χ0n) is 8.91. The summed E-state index contributed by atoms with van der Waals surface area (Å²) in [4.78, 5) is 0. The molecule has 2 radical (unpaired) electrons. The minimum atomic E-state index is -4.62. The van der Waals surface area contributed by atoms with Gasteiger partial charge in [-0.2, -0.15) is 13.2 Å². The summed E-state index contributed by atoms with van der Waals surface area (Å²) in [5.41, 5.74) is 3.11. The van der Waals surface area contributed by atoms with Crippen LogP contribution < -0.4 is 11.2 Å². The first-order valence-electron chi connectivity index (χ1n) is 5.16. The highest BCUT2D eigenvalue weighted by atomic mass is 19.4. The third-order valence-corrected chi connectivity index (χ3v) is 3.17. The van der Waals surface area contributed by atoms with Crippen LogP contribution in [0.3, 0.4) is 0 Å². The monoisotopic (exact) mass is 241 g/mol. The number of aliphatic hydroxyl groups excluding tert-OH is 1. The van der Waals surface area contributed by atoms with E-state index in [4.69, 9.17) is 13.6 Å². The molecule has 3 atom stereocenters. The quantitative estimate of drug-likeness (QED) is 0.744. The van der Waals surface area contributed by atoms with Gasteiger partial charge < -0.3 is 10.8 Å². The minimum Gasteiger partial charge on any atom is -0.393 e. The molecule has 0 heterocycles. The van der Waals surface area contributed by atoms with Crippen molar-refractivity contribution < 1.29 is 18.3 Å². The topological polar surface area (TPSA) is 46.2 Å². The highest BCUT2D eigenvalue weighted by molar-refractivity contribution is 6.32. The maximum atomic E-state index is 13.1. The fraction of sp³-hybridized carbons (Fsp3) is 0.455. The van der Waals surface area contributed by atoms with Crippen molar-refractivity contribution in [2.24, 2.45) is 11.7 Å². The molecular formula is C11H11BF3NO. The van der Waals surface area contributed by atoms with Gasteiger partial charge in [-0.15, -0.1) is 0 Å². The molecule has 1 aliphatic carbocycles. The van der Waals surface area contributed by atoms with Gasteiger partial charge in [0.15, 0.2) is 0 Å². The van der Waals surface area contributed by atoms with Crippen molar-refractivity contribution in [2.75, 3.05) is 0 Å². The Bertz CT molecular complexity index is 437. The van der Waals surface area contributed by atoms with E-state index in [0.717, 1.165) is 0 Å². The van der Waals surface area contributed by atoms with Crippen molar-refractivity contribution in [3.8, 4) is 0 Å². The summed E-state index contributed by atoms with van der Waals surface area (Å²) in [7, 11) is 5.47. The zero-order chi connectivity index (χ0) is 12.8. The van der Waals surface area contributed by atoms with Crippen LogP contribution in [0, 0.1) is 5.92 Å². The molecule has 0 aromatic heterocycles. The fourth-order valence-corrected chi connectivity index (χ4v) is 2.05. The number of rotatable bonds is 2. The average Bonchev–Trinajstić information content (AvgIpc) is 2.93. The molecule has 0 spiro atoms. The Balaban J connectivity index is 2.48. The summed E-state index contributed by atoms with van der Waals surface area (Å²) in [5.74, 6) is -0.996. The van der Waals surface area contributed by atoms with Crippen LogP contribution >= 0.6 is 0 Å². The van der Waals surface area contributed by atoms with E-state index in [0.29, 0.717) is 0 Å². The fourth-order valence-electron chi connectivity index (χ4n) is 2.05. The molecule has 0 saturated heterocycles. The lowest BCUT2D eigenvalue weighted by molar-refractivity contribution is -0.198. The Hall–Kier alpha value is -1.01. The zero-order valence-corrected chi connectivity index (χ0v) is 8.91. The van der Waals surface area contributed by atoms with Gasteiger partial charge in [-0.1, -0.05) is 29.7 Å². The Labute approximate surface area is 98.0 Å². The summed E-state index contributed by atoms with van der Waals surface area (Å²) in [6, 6.07) is 5.41. The van der Waals surface area contributed by atoms with E-state index in [1.54, 1.807) is 0 Å². The van der Waals surface area contributed by atoms with Gasteiger partial charge in [0, 0.05) is 5.92 Å². The van der Waals surface area contributed by atoms with Gasteiger partial charge in [0.1, 0.15) is 13.4 Å². The lowest BCUT2D eigenvalue weighted by Crippen LogP contribution is -2.53. The second-order valence-electron chi connectivity index (χ2n) is 4.40. The molecule has 3 unspecified atom stereocenters. The van der Waals surface area contributed by atoms with Crippen LogP contribution in [0.2, 0.25) is 0 Å². The van der Waals surface area contributed by atoms with Crippen LogP contribution in [-0.2, 0) is 5.54 Å². The molecule has 0 aliphatic heterocycles. The van der Waals surface area contributed by atoms with Crippen LogP contribution in [0.4, 0.5) is 13.2 Å². The second-order valence-corrected chi connectivity index (χ2v) is 4.40. The van der Waals surface area contributed by atoms with Crippen LogP contribution in [-0.4, -0.2) is 25.2 Å². The largest absolute Gasteiger partial charge is 0.410 e. The van der Waals surface area contributed by atoms with Gasteiger partial charge in [-0.05, 0) is 12.0 Å². The number of hydrogen-bond donors (Lipinski definition) is 2. The molecule has 0 bridgehead atoms. The Morgan fingerprint density at radius 1 is 1.35 bits per heavy atom. The first-order valence-corrected chi connectivity index (χ1v) is 5.16. The smallest absolute Gasteiger partial charge is 0.393 e. The van der Waals surface area contributed by atoms with Gasteiger partial charge in [0.05, 0.1) is 6.10 Å². The SMILES string of the molecule is [B]c1cccc(C(N)(C2CC2O)C(F)(F)F)c1. The van der Waals surface area contributed by atoms with E-state index in [-0.39, 0.29) is 17.4 Å². The molecule has 90 valence electrons. The molecule has 1 aromatic carbocycles. The van der Waals surface area contributed by atoms with Gasteiger partial charge in [0.25, 0.3) is 0 Å². The third-order valence-electron chi connectivity index (χ3n) is 3.17. The first kappa shape index (κ1) is 12.5. The van der Waals surface area contributed by atoms with Crippen molar-refractivity contribution >= 4 is 13.3 Å². The van der Waals surface area contributed by atoms with Gasteiger partial charge in [-0.25, -0.2) is 0 Å². The summed E-state index contributed by atoms with van der Waals surface area (Å²) in [6.07, 6.45) is -5.56. The van der Waals surface area contributed by atoms with Crippen molar-refractivity contribution in [2.45, 2.75) is 24.2 Å². The molecule has 1 saturated carbocycles. The van der Waals surface area contributed by atoms with Gasteiger partial charge in [0.2, 0.25) is 0 Å². The van der Waals surface area contributed by atoms with E-state index >= 15 is 0 Å². The number of halogens is 3. The number of nitrogens with two attached hydrogens (primary N) is 1. The first-order chi connectivity index (χ1) is 7.76. The number of aliphatic hydroxyl groups is 1. The van der Waals surface area contributed by atoms with Crippen molar-refractivity contribution in [3.05, 3.63) is 29.8 Å². The molecule has 3 N–H and O–H groups in total. The second kappa shape index (κ2) is 3.75. The summed E-state index contributed by atoms with van der Waals surface area (Å²) >= 11 is 0. The standard InChI is InChI=1S/C11H11BF3NO/c12-7-3-1-2-6(4-7)10(16,11(13,14)15)8-5-9(8)17/h1-4,8-9,17H,5,16H2.